The van der Waals surface area contributed by atoms with Gasteiger partial charge in [0.2, 0.25) is 0 Å². The summed E-state index contributed by atoms with van der Waals surface area (Å²) in [6.45, 7) is 3.76. The monoisotopic (exact) mass is 417 g/mol. The third kappa shape index (κ3) is 6.17. The fourth-order valence-electron chi connectivity index (χ4n) is 2.71. The van der Waals surface area contributed by atoms with E-state index in [0.29, 0.717) is 22.6 Å². The van der Waals surface area contributed by atoms with E-state index < -0.39 is 11.8 Å². The molecule has 3 rings (SSSR count). The minimum atomic E-state index is -0.528. The number of benzene rings is 2. The maximum atomic E-state index is 12.9. The number of carbonyl (C=O) groups is 3. The summed E-state index contributed by atoms with van der Waals surface area (Å²) in [5.74, 6) is -0.727. The van der Waals surface area contributed by atoms with E-state index in [1.165, 1.54) is 12.3 Å². The average Bonchev–Trinajstić information content (AvgIpc) is 3.27. The fraction of sp³-hybridized carbons (Fsp3) is 0.125. The molecule has 0 radical (unpaired) electrons. The normalized spacial score (nSPS) is 11.1. The lowest BCUT2D eigenvalue weighted by Crippen LogP contribution is -2.31. The summed E-state index contributed by atoms with van der Waals surface area (Å²) in [5, 5.41) is 8.16. The molecule has 0 fully saturated rings. The molecule has 7 nitrogen and oxygen atoms in total. The van der Waals surface area contributed by atoms with Crippen molar-refractivity contribution in [1.82, 2.24) is 10.6 Å². The Bertz CT molecular complexity index is 1070. The number of nitrogens with one attached hydrogen (secondary N) is 3. The van der Waals surface area contributed by atoms with Gasteiger partial charge in [-0.2, -0.15) is 0 Å². The Hall–Kier alpha value is -4.13. The summed E-state index contributed by atoms with van der Waals surface area (Å²) in [6.07, 6.45) is 2.92. The average molecular weight is 417 g/mol. The van der Waals surface area contributed by atoms with Crippen LogP contribution in [0.25, 0.3) is 6.08 Å². The number of rotatable bonds is 7. The van der Waals surface area contributed by atoms with Gasteiger partial charge in [-0.05, 0) is 62.4 Å². The highest BCUT2D eigenvalue weighted by molar-refractivity contribution is 6.10. The molecular formula is C24H23N3O4. The van der Waals surface area contributed by atoms with Crippen LogP contribution in [0.15, 0.2) is 83.1 Å². The summed E-state index contributed by atoms with van der Waals surface area (Å²) >= 11 is 0. The van der Waals surface area contributed by atoms with Crippen LogP contribution >= 0.6 is 0 Å². The Morgan fingerprint density at radius 1 is 0.839 bits per heavy atom. The van der Waals surface area contributed by atoms with Crippen LogP contribution in [0.3, 0.4) is 0 Å². The SMILES string of the molecule is CC(C)NC(=O)c1ccc(NC(=O)C(=Cc2ccco2)NC(=O)c2ccccc2)cc1. The summed E-state index contributed by atoms with van der Waals surface area (Å²) in [4.78, 5) is 37.5. The summed E-state index contributed by atoms with van der Waals surface area (Å²) in [5.41, 5.74) is 1.40. The highest BCUT2D eigenvalue weighted by Gasteiger charge is 2.16. The van der Waals surface area contributed by atoms with Crippen molar-refractivity contribution < 1.29 is 18.8 Å². The quantitative estimate of drug-likeness (QED) is 0.509. The Morgan fingerprint density at radius 3 is 2.13 bits per heavy atom. The molecule has 0 saturated heterocycles. The molecule has 0 bridgehead atoms. The smallest absolute Gasteiger partial charge is 0.272 e. The van der Waals surface area contributed by atoms with Crippen LogP contribution in [-0.4, -0.2) is 23.8 Å². The van der Waals surface area contributed by atoms with Gasteiger partial charge in [0.05, 0.1) is 6.26 Å². The molecule has 0 aliphatic rings. The third-order valence-electron chi connectivity index (χ3n) is 4.18. The highest BCUT2D eigenvalue weighted by Crippen LogP contribution is 2.13. The second-order valence-corrected chi connectivity index (χ2v) is 7.05. The molecule has 158 valence electrons. The largest absolute Gasteiger partial charge is 0.465 e. The van der Waals surface area contributed by atoms with E-state index in [2.05, 4.69) is 16.0 Å². The topological polar surface area (TPSA) is 100 Å². The maximum absolute atomic E-state index is 12.9. The molecule has 1 heterocycles. The van der Waals surface area contributed by atoms with Crippen molar-refractivity contribution in [1.29, 1.82) is 0 Å². The Kier molecular flexibility index (Phi) is 7.01. The minimum Gasteiger partial charge on any atom is -0.465 e. The van der Waals surface area contributed by atoms with Crippen molar-refractivity contribution in [2.24, 2.45) is 0 Å². The molecule has 1 aromatic heterocycles. The van der Waals surface area contributed by atoms with Crippen molar-refractivity contribution in [3.8, 4) is 0 Å². The Balaban J connectivity index is 1.76. The standard InChI is InChI=1S/C24H23N3O4/c1-16(2)25-22(28)18-10-12-19(13-11-18)26-24(30)21(15-20-9-6-14-31-20)27-23(29)17-7-4-3-5-8-17/h3-16H,1-2H3,(H,25,28)(H,26,30)(H,27,29). The van der Waals surface area contributed by atoms with E-state index in [1.807, 2.05) is 13.8 Å². The molecule has 0 aliphatic heterocycles. The molecule has 3 aromatic rings. The van der Waals surface area contributed by atoms with E-state index in [0.717, 1.165) is 0 Å². The fourth-order valence-corrected chi connectivity index (χ4v) is 2.71. The predicted molar refractivity (Wildman–Crippen MR) is 118 cm³/mol. The third-order valence-corrected chi connectivity index (χ3v) is 4.18. The molecule has 2 aromatic carbocycles. The van der Waals surface area contributed by atoms with Gasteiger partial charge in [-0.1, -0.05) is 18.2 Å². The number of hydrogen-bond donors (Lipinski definition) is 3. The van der Waals surface area contributed by atoms with Gasteiger partial charge in [-0.15, -0.1) is 0 Å². The molecule has 0 spiro atoms. The van der Waals surface area contributed by atoms with E-state index in [-0.39, 0.29) is 17.6 Å². The van der Waals surface area contributed by atoms with Gasteiger partial charge in [-0.3, -0.25) is 14.4 Å². The lowest BCUT2D eigenvalue weighted by Gasteiger charge is -2.12. The van der Waals surface area contributed by atoms with Gasteiger partial charge in [0.25, 0.3) is 17.7 Å². The predicted octanol–water partition coefficient (Wildman–Crippen LogP) is 3.83. The van der Waals surface area contributed by atoms with Crippen LogP contribution in [0.1, 0.15) is 40.3 Å². The first kappa shape index (κ1) is 21.6. The number of carbonyl (C=O) groups excluding carboxylic acids is 3. The first-order chi connectivity index (χ1) is 14.9. The molecular weight excluding hydrogens is 394 g/mol. The van der Waals surface area contributed by atoms with E-state index in [9.17, 15) is 14.4 Å². The molecule has 0 atom stereocenters. The Labute approximate surface area is 180 Å². The van der Waals surface area contributed by atoms with E-state index in [4.69, 9.17) is 4.42 Å². The van der Waals surface area contributed by atoms with Crippen molar-refractivity contribution in [2.45, 2.75) is 19.9 Å². The minimum absolute atomic E-state index is 0.0189. The second-order valence-electron chi connectivity index (χ2n) is 7.05. The number of anilines is 1. The zero-order valence-electron chi connectivity index (χ0n) is 17.2. The second kappa shape index (κ2) is 10.1. The molecule has 31 heavy (non-hydrogen) atoms. The molecule has 0 unspecified atom stereocenters. The van der Waals surface area contributed by atoms with Crippen LogP contribution in [0.2, 0.25) is 0 Å². The van der Waals surface area contributed by atoms with Crippen molar-refractivity contribution >= 4 is 29.5 Å². The van der Waals surface area contributed by atoms with Crippen LogP contribution in [-0.2, 0) is 4.79 Å². The highest BCUT2D eigenvalue weighted by atomic mass is 16.3. The molecule has 7 heteroatoms. The molecule has 3 N–H and O–H groups in total. The van der Waals surface area contributed by atoms with Gasteiger partial charge in [0.15, 0.2) is 0 Å². The van der Waals surface area contributed by atoms with E-state index >= 15 is 0 Å². The Morgan fingerprint density at radius 2 is 1.52 bits per heavy atom. The first-order valence-corrected chi connectivity index (χ1v) is 9.76. The van der Waals surface area contributed by atoms with E-state index in [1.54, 1.807) is 66.7 Å². The summed E-state index contributed by atoms with van der Waals surface area (Å²) in [6, 6.07) is 18.4. The van der Waals surface area contributed by atoms with Gasteiger partial charge in [-0.25, -0.2) is 0 Å². The van der Waals surface area contributed by atoms with Gasteiger partial charge in [0.1, 0.15) is 11.5 Å². The number of hydrogen-bond acceptors (Lipinski definition) is 4. The van der Waals surface area contributed by atoms with Crippen LogP contribution in [0.5, 0.6) is 0 Å². The van der Waals surface area contributed by atoms with Crippen molar-refractivity contribution in [3.63, 3.8) is 0 Å². The van der Waals surface area contributed by atoms with Crippen molar-refractivity contribution in [3.05, 3.63) is 95.6 Å². The van der Waals surface area contributed by atoms with Crippen molar-refractivity contribution in [2.75, 3.05) is 5.32 Å². The van der Waals surface area contributed by atoms with Crippen LogP contribution in [0, 0.1) is 0 Å². The number of amides is 3. The van der Waals surface area contributed by atoms with Crippen LogP contribution in [0.4, 0.5) is 5.69 Å². The molecule has 0 aliphatic carbocycles. The molecule has 3 amide bonds. The summed E-state index contributed by atoms with van der Waals surface area (Å²) < 4.78 is 5.27. The zero-order chi connectivity index (χ0) is 22.2. The van der Waals surface area contributed by atoms with Gasteiger partial charge in [0, 0.05) is 28.9 Å². The summed E-state index contributed by atoms with van der Waals surface area (Å²) in [7, 11) is 0. The van der Waals surface area contributed by atoms with Gasteiger partial charge >= 0.3 is 0 Å². The lowest BCUT2D eigenvalue weighted by atomic mass is 10.1. The van der Waals surface area contributed by atoms with Gasteiger partial charge < -0.3 is 20.4 Å². The van der Waals surface area contributed by atoms with Crippen LogP contribution < -0.4 is 16.0 Å². The maximum Gasteiger partial charge on any atom is 0.272 e. The zero-order valence-corrected chi connectivity index (χ0v) is 17.2. The lowest BCUT2D eigenvalue weighted by molar-refractivity contribution is -0.113. The first-order valence-electron chi connectivity index (χ1n) is 9.76. The number of furan rings is 1. The molecule has 0 saturated carbocycles.